The molecule has 0 aromatic carbocycles. The van der Waals surface area contributed by atoms with Crippen molar-refractivity contribution in [2.45, 2.75) is 102 Å². The minimum atomic E-state index is 0.122. The van der Waals surface area contributed by atoms with Crippen LogP contribution in [-0.4, -0.2) is 24.2 Å². The third-order valence-corrected chi connectivity index (χ3v) is 6.14. The van der Waals surface area contributed by atoms with Gasteiger partial charge in [0.25, 0.3) is 0 Å². The summed E-state index contributed by atoms with van der Waals surface area (Å²) in [6, 6.07) is 0.338. The molecule has 0 aromatic heterocycles. The number of hydrogen-bond acceptors (Lipinski definition) is 2. The molecule has 1 saturated heterocycles. The Bertz CT molecular complexity index is 332. The van der Waals surface area contributed by atoms with Gasteiger partial charge in [0.2, 0.25) is 5.91 Å². The molecular weight excluding hydrogens is 274 g/mol. The molecule has 3 rings (SSSR count). The van der Waals surface area contributed by atoms with E-state index < -0.39 is 0 Å². The number of amides is 1. The summed E-state index contributed by atoms with van der Waals surface area (Å²) >= 11 is 0. The van der Waals surface area contributed by atoms with Crippen LogP contribution in [-0.2, 0) is 9.53 Å². The first-order chi connectivity index (χ1) is 10.7. The highest BCUT2D eigenvalue weighted by Gasteiger charge is 2.38. The Morgan fingerprint density at radius 2 is 1.27 bits per heavy atom. The van der Waals surface area contributed by atoms with Crippen molar-refractivity contribution in [3.63, 3.8) is 0 Å². The summed E-state index contributed by atoms with van der Waals surface area (Å²) in [6.07, 6.45) is 16.4. The zero-order chi connectivity index (χ0) is 15.4. The lowest BCUT2D eigenvalue weighted by molar-refractivity contribution is -0.131. The Morgan fingerprint density at radius 1 is 0.818 bits per heavy atom. The van der Waals surface area contributed by atoms with Gasteiger partial charge in [-0.3, -0.25) is 4.79 Å². The molecule has 3 nitrogen and oxygen atoms in total. The number of nitrogens with one attached hydrogen (secondary N) is 1. The van der Waals surface area contributed by atoms with Gasteiger partial charge in [0.15, 0.2) is 0 Å². The van der Waals surface area contributed by atoms with E-state index in [2.05, 4.69) is 5.32 Å². The van der Waals surface area contributed by atoms with Crippen molar-refractivity contribution in [3.8, 4) is 0 Å². The van der Waals surface area contributed by atoms with Gasteiger partial charge in [0.1, 0.15) is 0 Å². The van der Waals surface area contributed by atoms with Crippen LogP contribution in [0.25, 0.3) is 0 Å². The molecule has 3 aliphatic rings. The van der Waals surface area contributed by atoms with E-state index in [0.717, 1.165) is 24.7 Å². The fourth-order valence-electron chi connectivity index (χ4n) is 5.02. The van der Waals surface area contributed by atoms with E-state index in [4.69, 9.17) is 4.74 Å². The molecule has 3 heteroatoms. The van der Waals surface area contributed by atoms with Gasteiger partial charge in [-0.1, -0.05) is 38.5 Å². The molecule has 1 aliphatic heterocycles. The molecule has 0 bridgehead atoms. The van der Waals surface area contributed by atoms with Crippen molar-refractivity contribution in [1.29, 1.82) is 0 Å². The van der Waals surface area contributed by atoms with Crippen LogP contribution in [0.2, 0.25) is 0 Å². The van der Waals surface area contributed by atoms with E-state index in [9.17, 15) is 4.79 Å². The molecule has 0 radical (unpaired) electrons. The standard InChI is InChI=1S/C19H33NO2/c1-14(21)20-17-12-18(15-8-4-2-5-9-15)22-19(13-17)16-10-6-3-7-11-16/h15-19H,2-13H2,1H3,(H,20,21)/t18-,19-/m0/s1. The third kappa shape index (κ3) is 4.24. The van der Waals surface area contributed by atoms with Crippen LogP contribution in [0.4, 0.5) is 0 Å². The Kier molecular flexibility index (Phi) is 5.78. The lowest BCUT2D eigenvalue weighted by Gasteiger charge is -2.44. The van der Waals surface area contributed by atoms with E-state index in [-0.39, 0.29) is 5.91 Å². The molecule has 1 heterocycles. The topological polar surface area (TPSA) is 38.3 Å². The Hall–Kier alpha value is -0.570. The normalized spacial score (nSPS) is 35.2. The van der Waals surface area contributed by atoms with Crippen LogP contribution in [0, 0.1) is 11.8 Å². The predicted molar refractivity (Wildman–Crippen MR) is 88.6 cm³/mol. The molecule has 0 unspecified atom stereocenters. The van der Waals surface area contributed by atoms with Crippen LogP contribution in [0.5, 0.6) is 0 Å². The van der Waals surface area contributed by atoms with E-state index in [0.29, 0.717) is 18.2 Å². The molecule has 2 aliphatic carbocycles. The van der Waals surface area contributed by atoms with Crippen LogP contribution < -0.4 is 5.32 Å². The summed E-state index contributed by atoms with van der Waals surface area (Å²) in [5, 5.41) is 3.20. The largest absolute Gasteiger partial charge is 0.374 e. The van der Waals surface area contributed by atoms with E-state index >= 15 is 0 Å². The maximum absolute atomic E-state index is 11.5. The average Bonchev–Trinajstić information content (AvgIpc) is 2.55. The molecule has 2 atom stereocenters. The van der Waals surface area contributed by atoms with E-state index in [1.807, 2.05) is 0 Å². The van der Waals surface area contributed by atoms with E-state index in [1.54, 1.807) is 6.92 Å². The lowest BCUT2D eigenvalue weighted by Crippen LogP contribution is -2.49. The number of ether oxygens (including phenoxy) is 1. The van der Waals surface area contributed by atoms with Gasteiger partial charge in [-0.25, -0.2) is 0 Å². The predicted octanol–water partition coefficient (Wildman–Crippen LogP) is 4.20. The number of carbonyl (C=O) groups is 1. The van der Waals surface area contributed by atoms with Crippen LogP contribution in [0.15, 0.2) is 0 Å². The van der Waals surface area contributed by atoms with Crippen LogP contribution in [0.3, 0.4) is 0 Å². The second-order valence-corrected chi connectivity index (χ2v) is 7.88. The zero-order valence-electron chi connectivity index (χ0n) is 14.2. The molecule has 126 valence electrons. The van der Waals surface area contributed by atoms with Gasteiger partial charge in [-0.2, -0.15) is 0 Å². The maximum Gasteiger partial charge on any atom is 0.217 e. The average molecular weight is 307 g/mol. The zero-order valence-corrected chi connectivity index (χ0v) is 14.2. The highest BCUT2D eigenvalue weighted by atomic mass is 16.5. The Morgan fingerprint density at radius 3 is 1.68 bits per heavy atom. The van der Waals surface area contributed by atoms with Gasteiger partial charge in [0.05, 0.1) is 12.2 Å². The summed E-state index contributed by atoms with van der Waals surface area (Å²) < 4.78 is 6.63. The fraction of sp³-hybridized carbons (Fsp3) is 0.947. The Balaban J connectivity index is 1.65. The van der Waals surface area contributed by atoms with Gasteiger partial charge in [0, 0.05) is 13.0 Å². The summed E-state index contributed by atoms with van der Waals surface area (Å²) in [7, 11) is 0. The first kappa shape index (κ1) is 16.3. The third-order valence-electron chi connectivity index (χ3n) is 6.14. The van der Waals surface area contributed by atoms with E-state index in [1.165, 1.54) is 64.2 Å². The van der Waals surface area contributed by atoms with Crippen molar-refractivity contribution >= 4 is 5.91 Å². The number of hydrogen-bond donors (Lipinski definition) is 1. The minimum Gasteiger partial charge on any atom is -0.374 e. The van der Waals surface area contributed by atoms with Crippen molar-refractivity contribution < 1.29 is 9.53 Å². The van der Waals surface area contributed by atoms with Crippen molar-refractivity contribution in [1.82, 2.24) is 5.32 Å². The lowest BCUT2D eigenvalue weighted by atomic mass is 9.77. The van der Waals surface area contributed by atoms with Crippen LogP contribution in [0.1, 0.15) is 84.0 Å². The highest BCUT2D eigenvalue weighted by Crippen LogP contribution is 2.38. The molecule has 22 heavy (non-hydrogen) atoms. The van der Waals surface area contributed by atoms with Gasteiger partial charge < -0.3 is 10.1 Å². The Labute approximate surface area is 135 Å². The summed E-state index contributed by atoms with van der Waals surface area (Å²) in [5.41, 5.74) is 0. The first-order valence-corrected chi connectivity index (χ1v) is 9.65. The maximum atomic E-state index is 11.5. The molecule has 3 fully saturated rings. The smallest absolute Gasteiger partial charge is 0.217 e. The highest BCUT2D eigenvalue weighted by molar-refractivity contribution is 5.73. The SMILES string of the molecule is CC(=O)NC1C[C@@H](C2CCCCC2)O[C@H](C2CCCCC2)C1. The van der Waals surface area contributed by atoms with Crippen LogP contribution >= 0.6 is 0 Å². The molecule has 2 saturated carbocycles. The number of carbonyl (C=O) groups excluding carboxylic acids is 1. The van der Waals surface area contributed by atoms with Gasteiger partial charge in [-0.05, 0) is 50.4 Å². The molecular formula is C19H33NO2. The van der Waals surface area contributed by atoms with Gasteiger partial charge >= 0.3 is 0 Å². The second-order valence-electron chi connectivity index (χ2n) is 7.88. The summed E-state index contributed by atoms with van der Waals surface area (Å²) in [5.74, 6) is 1.59. The van der Waals surface area contributed by atoms with Crippen molar-refractivity contribution in [3.05, 3.63) is 0 Å². The van der Waals surface area contributed by atoms with Gasteiger partial charge in [-0.15, -0.1) is 0 Å². The second kappa shape index (κ2) is 7.81. The summed E-state index contributed by atoms with van der Waals surface area (Å²) in [4.78, 5) is 11.5. The first-order valence-electron chi connectivity index (χ1n) is 9.65. The monoisotopic (exact) mass is 307 g/mol. The number of rotatable bonds is 3. The fourth-order valence-corrected chi connectivity index (χ4v) is 5.02. The van der Waals surface area contributed by atoms with Crippen molar-refractivity contribution in [2.24, 2.45) is 11.8 Å². The minimum absolute atomic E-state index is 0.122. The quantitative estimate of drug-likeness (QED) is 0.848. The molecule has 0 aromatic rings. The van der Waals surface area contributed by atoms with Crippen molar-refractivity contribution in [2.75, 3.05) is 0 Å². The summed E-state index contributed by atoms with van der Waals surface area (Å²) in [6.45, 7) is 1.65. The molecule has 1 N–H and O–H groups in total. The molecule has 1 amide bonds. The molecule has 0 spiro atoms.